The van der Waals surface area contributed by atoms with E-state index in [0.29, 0.717) is 0 Å². The molecule has 0 spiro atoms. The van der Waals surface area contributed by atoms with Gasteiger partial charge in [0.05, 0.1) is 0 Å². The van der Waals surface area contributed by atoms with Crippen LogP contribution >= 0.6 is 7.51 Å². The lowest BCUT2D eigenvalue weighted by molar-refractivity contribution is 0.375. The van der Waals surface area contributed by atoms with Crippen LogP contribution in [0, 0.1) is 0 Å². The van der Waals surface area contributed by atoms with E-state index in [1.54, 1.807) is 0 Å². The molecule has 1 saturated heterocycles. The number of nitrogens with zero attached hydrogens (tertiary/aromatic N) is 3. The molecule has 0 aromatic heterocycles. The van der Waals surface area contributed by atoms with E-state index in [2.05, 4.69) is 28.2 Å². The first-order valence-electron chi connectivity index (χ1n) is 3.83. The smallest absolute Gasteiger partial charge is 0.161 e. The maximum absolute atomic E-state index is 6.14. The second-order valence-electron chi connectivity index (χ2n) is 2.93. The molecule has 0 aliphatic carbocycles. The molecule has 2 N–H and O–H groups in total. The first-order chi connectivity index (χ1) is 5.11. The first-order valence-corrected chi connectivity index (χ1v) is 5.55. The number of hydrogen-bond donors (Lipinski definition) is 1. The maximum Gasteiger partial charge on any atom is 0.161 e. The van der Waals surface area contributed by atoms with Crippen LogP contribution in [-0.2, 0) is 0 Å². The minimum absolute atomic E-state index is 1.08. The van der Waals surface area contributed by atoms with Gasteiger partial charge in [-0.3, -0.25) is 10.2 Å². The van der Waals surface area contributed by atoms with Crippen molar-refractivity contribution in [3.8, 4) is 0 Å². The molecule has 1 heterocycles. The predicted molar refractivity (Wildman–Crippen MR) is 49.3 cm³/mol. The van der Waals surface area contributed by atoms with Crippen molar-refractivity contribution in [1.29, 1.82) is 0 Å². The summed E-state index contributed by atoms with van der Waals surface area (Å²) in [7, 11) is 4.18. The minimum Gasteiger partial charge on any atom is -0.273 e. The normalized spacial score (nSPS) is 26.9. The van der Waals surface area contributed by atoms with E-state index in [1.807, 2.05) is 7.05 Å². The highest BCUT2D eigenvalue weighted by molar-refractivity contribution is 7.59. The quantitative estimate of drug-likeness (QED) is 0.555. The summed E-state index contributed by atoms with van der Waals surface area (Å²) in [5, 5.41) is 0. The molecule has 1 aliphatic rings. The fraction of sp³-hybridized carbons (Fsp3) is 1.00. The van der Waals surface area contributed by atoms with Crippen LogP contribution in [0.3, 0.4) is 0 Å². The molecule has 0 radical (unpaired) electrons. The van der Waals surface area contributed by atoms with Crippen LogP contribution in [0.25, 0.3) is 0 Å². The minimum atomic E-state index is -1.73. The van der Waals surface area contributed by atoms with Crippen LogP contribution < -0.4 is 5.50 Å². The zero-order valence-electron chi connectivity index (χ0n) is 7.49. The van der Waals surface area contributed by atoms with Gasteiger partial charge in [-0.25, -0.2) is 9.34 Å². The molecule has 1 rings (SSSR count). The highest BCUT2D eigenvalue weighted by Gasteiger charge is 2.27. The van der Waals surface area contributed by atoms with E-state index in [0.717, 1.165) is 13.1 Å². The molecular formula is C6H17N4P. The molecule has 0 atom stereocenters. The van der Waals surface area contributed by atoms with Crippen molar-refractivity contribution >= 4 is 7.51 Å². The summed E-state index contributed by atoms with van der Waals surface area (Å²) in [5.74, 6) is 0. The fourth-order valence-corrected chi connectivity index (χ4v) is 3.39. The summed E-state index contributed by atoms with van der Waals surface area (Å²) in [6.45, 7) is 2.15. The Hall–Kier alpha value is 0.110. The maximum atomic E-state index is 6.14. The van der Waals surface area contributed by atoms with Crippen LogP contribution in [0.5, 0.6) is 0 Å². The van der Waals surface area contributed by atoms with E-state index in [-0.39, 0.29) is 0 Å². The molecule has 4 nitrogen and oxygen atoms in total. The number of hydrogen-bond acceptors (Lipinski definition) is 1. The second-order valence-corrected chi connectivity index (χ2v) is 5.93. The summed E-state index contributed by atoms with van der Waals surface area (Å²) >= 11 is 0. The Labute approximate surface area is 68.6 Å². The van der Waals surface area contributed by atoms with Crippen molar-refractivity contribution < 1.29 is 0 Å². The molecule has 66 valence electrons. The predicted octanol–water partition coefficient (Wildman–Crippen LogP) is 0.788. The standard InChI is InChI=1S/C6H17N4P/c1-8-11(7)9(2)5-4-6-10(11)3/h4-7H2,1-3H3. The average Bonchev–Trinajstić information content (AvgIpc) is 2.00. The van der Waals surface area contributed by atoms with Gasteiger partial charge in [0.2, 0.25) is 0 Å². The van der Waals surface area contributed by atoms with Gasteiger partial charge in [-0.1, -0.05) is 0 Å². The average molecular weight is 176 g/mol. The molecule has 11 heavy (non-hydrogen) atoms. The zero-order chi connectivity index (χ0) is 8.48. The van der Waals surface area contributed by atoms with Crippen LogP contribution in [0.2, 0.25) is 0 Å². The van der Waals surface area contributed by atoms with Gasteiger partial charge in [-0.05, 0) is 20.5 Å². The van der Waals surface area contributed by atoms with Gasteiger partial charge >= 0.3 is 0 Å². The van der Waals surface area contributed by atoms with Crippen LogP contribution in [0.1, 0.15) is 6.42 Å². The van der Waals surface area contributed by atoms with Crippen molar-refractivity contribution in [3.63, 3.8) is 0 Å². The molecular weight excluding hydrogens is 159 g/mol. The lowest BCUT2D eigenvalue weighted by atomic mass is 10.4. The van der Waals surface area contributed by atoms with E-state index in [1.165, 1.54) is 6.42 Å². The Morgan fingerprint density at radius 2 is 1.73 bits per heavy atom. The molecule has 5 heteroatoms. The Morgan fingerprint density at radius 3 is 2.00 bits per heavy atom. The summed E-state index contributed by atoms with van der Waals surface area (Å²) < 4.78 is 8.64. The topological polar surface area (TPSA) is 44.9 Å². The van der Waals surface area contributed by atoms with Gasteiger partial charge in [0.1, 0.15) is 0 Å². The molecule has 0 saturated carbocycles. The third-order valence-electron chi connectivity index (χ3n) is 2.26. The Bertz CT molecular complexity index is 177. The van der Waals surface area contributed by atoms with Crippen LogP contribution in [-0.4, -0.2) is 43.6 Å². The SMILES string of the molecule is CN=P1(N)N(C)CCCN1C. The molecule has 0 aromatic rings. The van der Waals surface area contributed by atoms with Crippen molar-refractivity contribution in [2.75, 3.05) is 34.2 Å². The Kier molecular flexibility index (Phi) is 2.70. The third-order valence-corrected chi connectivity index (χ3v) is 5.26. The highest BCUT2D eigenvalue weighted by atomic mass is 31.2. The van der Waals surface area contributed by atoms with E-state index >= 15 is 0 Å². The molecule has 1 fully saturated rings. The van der Waals surface area contributed by atoms with Crippen molar-refractivity contribution in [2.45, 2.75) is 6.42 Å². The summed E-state index contributed by atoms with van der Waals surface area (Å²) in [6.07, 6.45) is 1.20. The van der Waals surface area contributed by atoms with E-state index < -0.39 is 7.51 Å². The highest BCUT2D eigenvalue weighted by Crippen LogP contribution is 2.48. The van der Waals surface area contributed by atoms with Crippen molar-refractivity contribution in [3.05, 3.63) is 0 Å². The van der Waals surface area contributed by atoms with Gasteiger partial charge < -0.3 is 0 Å². The zero-order valence-corrected chi connectivity index (χ0v) is 8.38. The van der Waals surface area contributed by atoms with Gasteiger partial charge in [-0.2, -0.15) is 0 Å². The summed E-state index contributed by atoms with van der Waals surface area (Å²) in [6, 6.07) is 0. The van der Waals surface area contributed by atoms with E-state index in [9.17, 15) is 0 Å². The third kappa shape index (κ3) is 1.49. The lowest BCUT2D eigenvalue weighted by Gasteiger charge is -2.41. The van der Waals surface area contributed by atoms with Crippen LogP contribution in [0.15, 0.2) is 4.74 Å². The van der Waals surface area contributed by atoms with Gasteiger partial charge in [0, 0.05) is 20.1 Å². The molecule has 1 aliphatic heterocycles. The molecule has 0 aromatic carbocycles. The largest absolute Gasteiger partial charge is 0.273 e. The molecule has 0 amide bonds. The second kappa shape index (κ2) is 3.23. The van der Waals surface area contributed by atoms with Crippen LogP contribution in [0.4, 0.5) is 0 Å². The van der Waals surface area contributed by atoms with Gasteiger partial charge in [0.15, 0.2) is 7.51 Å². The number of rotatable bonds is 0. The monoisotopic (exact) mass is 176 g/mol. The molecule has 0 bridgehead atoms. The van der Waals surface area contributed by atoms with E-state index in [4.69, 9.17) is 5.50 Å². The first kappa shape index (κ1) is 9.20. The van der Waals surface area contributed by atoms with Gasteiger partial charge in [-0.15, -0.1) is 0 Å². The summed E-state index contributed by atoms with van der Waals surface area (Å²) in [5.41, 5.74) is 6.14. The molecule has 0 unspecified atom stereocenters. The van der Waals surface area contributed by atoms with Crippen molar-refractivity contribution in [2.24, 2.45) is 10.2 Å². The fourth-order valence-electron chi connectivity index (χ4n) is 1.39. The summed E-state index contributed by atoms with van der Waals surface area (Å²) in [4.78, 5) is 0. The lowest BCUT2D eigenvalue weighted by Crippen LogP contribution is -2.38. The number of nitrogens with two attached hydrogens (primary N) is 1. The Morgan fingerprint density at radius 1 is 1.27 bits per heavy atom. The Balaban J connectivity index is 2.87. The van der Waals surface area contributed by atoms with Gasteiger partial charge in [0.25, 0.3) is 0 Å². The van der Waals surface area contributed by atoms with Crippen molar-refractivity contribution in [1.82, 2.24) is 9.34 Å².